The number of carbonyl (C=O) groups excluding carboxylic acids is 1. The first-order valence-corrected chi connectivity index (χ1v) is 7.81. The Morgan fingerprint density at radius 2 is 2.05 bits per heavy atom. The van der Waals surface area contributed by atoms with E-state index < -0.39 is 0 Å². The number of rotatable bonds is 4. The Bertz CT molecular complexity index is 366. The summed E-state index contributed by atoms with van der Waals surface area (Å²) in [4.78, 5) is 12.2. The van der Waals surface area contributed by atoms with Crippen molar-refractivity contribution in [2.75, 3.05) is 0 Å². The molecule has 3 nitrogen and oxygen atoms in total. The highest BCUT2D eigenvalue weighted by Crippen LogP contribution is 2.50. The van der Waals surface area contributed by atoms with Crippen LogP contribution >= 0.6 is 0 Å². The smallest absolute Gasteiger partial charge is 0.255 e. The molecule has 4 fully saturated rings. The molecular weight excluding hydrogens is 236 g/mol. The molecule has 19 heavy (non-hydrogen) atoms. The van der Waals surface area contributed by atoms with Gasteiger partial charge in [-0.1, -0.05) is 26.7 Å². The number of fused-ring (bicyclic) bond motifs is 2. The molecule has 1 heterocycles. The number of nitrogens with zero attached hydrogens (tertiary/aromatic N) is 1. The van der Waals surface area contributed by atoms with E-state index in [1.54, 1.807) is 0 Å². The monoisotopic (exact) mass is 264 g/mol. The van der Waals surface area contributed by atoms with Gasteiger partial charge in [-0.3, -0.25) is 9.80 Å². The third-order valence-corrected chi connectivity index (χ3v) is 5.92. The fourth-order valence-electron chi connectivity index (χ4n) is 4.62. The van der Waals surface area contributed by atoms with E-state index >= 15 is 0 Å². The number of hydrogen-bond acceptors (Lipinski definition) is 2. The summed E-state index contributed by atoms with van der Waals surface area (Å²) >= 11 is 0. The van der Waals surface area contributed by atoms with E-state index in [0.717, 1.165) is 30.1 Å². The minimum absolute atomic E-state index is 0. The van der Waals surface area contributed by atoms with Gasteiger partial charge in [0.05, 0.1) is 0 Å². The van der Waals surface area contributed by atoms with Gasteiger partial charge in [-0.15, -0.1) is 0 Å². The molecule has 1 aliphatic heterocycles. The molecule has 0 aromatic rings. The lowest BCUT2D eigenvalue weighted by Crippen LogP contribution is -2.70. The number of amides is 1. The summed E-state index contributed by atoms with van der Waals surface area (Å²) in [5.74, 6) is 3.86. The molecule has 5 unspecified atom stereocenters. The number of hydrogen-bond donors (Lipinski definition) is 1. The first-order chi connectivity index (χ1) is 8.72. The Labute approximate surface area is 117 Å². The van der Waals surface area contributed by atoms with Crippen LogP contribution in [0.15, 0.2) is 0 Å². The molecular formula is C16H28N2O. The molecule has 3 aliphatic carbocycles. The average molecular weight is 264 g/mol. The van der Waals surface area contributed by atoms with Crippen LogP contribution in [-0.2, 0) is 4.79 Å². The molecule has 3 saturated carbocycles. The van der Waals surface area contributed by atoms with Gasteiger partial charge in [0.15, 0.2) is 0 Å². The highest BCUT2D eigenvalue weighted by molar-refractivity contribution is 5.86. The maximum atomic E-state index is 12.2. The van der Waals surface area contributed by atoms with Crippen LogP contribution in [0.1, 0.15) is 59.3 Å². The minimum atomic E-state index is 0. The first kappa shape index (κ1) is 13.4. The normalized spacial score (nSPS) is 41.9. The van der Waals surface area contributed by atoms with Crippen molar-refractivity contribution in [2.45, 2.75) is 71.4 Å². The summed E-state index contributed by atoms with van der Waals surface area (Å²) in [6.07, 6.45) is 9.42. The van der Waals surface area contributed by atoms with E-state index in [2.05, 4.69) is 12.3 Å². The van der Waals surface area contributed by atoms with Crippen LogP contribution in [0.3, 0.4) is 0 Å². The molecule has 0 spiro atoms. The largest absolute Gasteiger partial charge is 0.273 e. The molecule has 108 valence electrons. The van der Waals surface area contributed by atoms with Gasteiger partial charge in [-0.05, 0) is 56.3 Å². The maximum absolute atomic E-state index is 12.2. The zero-order valence-electron chi connectivity index (χ0n) is 11.3. The Morgan fingerprint density at radius 3 is 2.58 bits per heavy atom. The lowest BCUT2D eigenvalue weighted by Gasteiger charge is -2.46. The molecule has 4 rings (SSSR count). The summed E-state index contributed by atoms with van der Waals surface area (Å²) in [5.41, 5.74) is 3.42. The van der Waals surface area contributed by atoms with Gasteiger partial charge >= 0.3 is 0 Å². The van der Waals surface area contributed by atoms with Crippen molar-refractivity contribution in [3.63, 3.8) is 0 Å². The predicted octanol–water partition coefficient (Wildman–Crippen LogP) is 2.96. The van der Waals surface area contributed by atoms with Crippen LogP contribution in [0.25, 0.3) is 0 Å². The Kier molecular flexibility index (Phi) is 3.36. The van der Waals surface area contributed by atoms with Crippen molar-refractivity contribution in [2.24, 2.45) is 23.7 Å². The van der Waals surface area contributed by atoms with E-state index in [1.165, 1.54) is 38.5 Å². The third-order valence-electron chi connectivity index (χ3n) is 5.92. The van der Waals surface area contributed by atoms with E-state index in [0.29, 0.717) is 11.9 Å². The third kappa shape index (κ3) is 2.20. The Hall–Kier alpha value is -0.570. The van der Waals surface area contributed by atoms with E-state index in [1.807, 2.05) is 5.01 Å². The topological polar surface area (TPSA) is 32.3 Å². The van der Waals surface area contributed by atoms with Crippen molar-refractivity contribution in [1.82, 2.24) is 10.4 Å². The SMILES string of the molecule is C.CC(C1CC2CCC1C2)N1NC(CC2CC2)C1=O. The van der Waals surface area contributed by atoms with Crippen molar-refractivity contribution >= 4 is 5.91 Å². The summed E-state index contributed by atoms with van der Waals surface area (Å²) < 4.78 is 0. The zero-order chi connectivity index (χ0) is 12.3. The Morgan fingerprint density at radius 1 is 1.26 bits per heavy atom. The number of hydrazine groups is 1. The lowest BCUT2D eigenvalue weighted by molar-refractivity contribution is -0.160. The van der Waals surface area contributed by atoms with Gasteiger partial charge in [0.25, 0.3) is 5.91 Å². The maximum Gasteiger partial charge on any atom is 0.255 e. The van der Waals surface area contributed by atoms with E-state index in [4.69, 9.17) is 0 Å². The lowest BCUT2D eigenvalue weighted by atomic mass is 9.83. The van der Waals surface area contributed by atoms with Crippen LogP contribution in [-0.4, -0.2) is 23.0 Å². The molecule has 1 amide bonds. The van der Waals surface area contributed by atoms with Crippen molar-refractivity contribution in [3.05, 3.63) is 0 Å². The molecule has 2 bridgehead atoms. The van der Waals surface area contributed by atoms with Crippen molar-refractivity contribution < 1.29 is 4.79 Å². The molecule has 1 saturated heterocycles. The minimum Gasteiger partial charge on any atom is -0.273 e. The van der Waals surface area contributed by atoms with E-state index in [9.17, 15) is 4.79 Å². The Balaban J connectivity index is 0.00000110. The fraction of sp³-hybridized carbons (Fsp3) is 0.938. The number of nitrogens with one attached hydrogen (secondary N) is 1. The molecule has 0 aromatic carbocycles. The van der Waals surface area contributed by atoms with Gasteiger partial charge in [0.1, 0.15) is 6.04 Å². The van der Waals surface area contributed by atoms with Crippen LogP contribution in [0, 0.1) is 23.7 Å². The molecule has 3 heteroatoms. The summed E-state index contributed by atoms with van der Waals surface area (Å²) in [7, 11) is 0. The molecule has 0 aromatic heterocycles. The molecule has 1 N–H and O–H groups in total. The van der Waals surface area contributed by atoms with Gasteiger partial charge in [0.2, 0.25) is 0 Å². The molecule has 0 radical (unpaired) electrons. The zero-order valence-corrected chi connectivity index (χ0v) is 11.3. The second-order valence-corrected chi connectivity index (χ2v) is 7.15. The van der Waals surface area contributed by atoms with Crippen LogP contribution < -0.4 is 5.43 Å². The second kappa shape index (κ2) is 4.76. The highest BCUT2D eigenvalue weighted by atomic mass is 16.2. The average Bonchev–Trinajstić information content (AvgIpc) is 2.95. The quantitative estimate of drug-likeness (QED) is 0.846. The first-order valence-electron chi connectivity index (χ1n) is 7.81. The highest BCUT2D eigenvalue weighted by Gasteiger charge is 2.48. The van der Waals surface area contributed by atoms with Gasteiger partial charge in [0, 0.05) is 6.04 Å². The summed E-state index contributed by atoms with van der Waals surface area (Å²) in [5, 5.41) is 1.96. The fourth-order valence-corrected chi connectivity index (χ4v) is 4.62. The summed E-state index contributed by atoms with van der Waals surface area (Å²) in [6.45, 7) is 2.25. The number of carbonyl (C=O) groups is 1. The van der Waals surface area contributed by atoms with Gasteiger partial charge in [-0.25, -0.2) is 5.43 Å². The van der Waals surface area contributed by atoms with E-state index in [-0.39, 0.29) is 13.5 Å². The van der Waals surface area contributed by atoms with Crippen LogP contribution in [0.2, 0.25) is 0 Å². The van der Waals surface area contributed by atoms with Gasteiger partial charge in [-0.2, -0.15) is 0 Å². The van der Waals surface area contributed by atoms with Crippen LogP contribution in [0.4, 0.5) is 0 Å². The van der Waals surface area contributed by atoms with Crippen molar-refractivity contribution in [1.29, 1.82) is 0 Å². The molecule has 5 atom stereocenters. The predicted molar refractivity (Wildman–Crippen MR) is 76.2 cm³/mol. The molecule has 4 aliphatic rings. The second-order valence-electron chi connectivity index (χ2n) is 7.15. The van der Waals surface area contributed by atoms with Gasteiger partial charge < -0.3 is 0 Å². The standard InChI is InChI=1S/C15H24N2O.CH4/c1-9(13-7-11-4-5-12(13)6-11)17-15(18)14(16-17)8-10-2-3-10;/h9-14,16H,2-8H2,1H3;1H4. The van der Waals surface area contributed by atoms with Crippen molar-refractivity contribution in [3.8, 4) is 0 Å². The summed E-state index contributed by atoms with van der Waals surface area (Å²) in [6, 6.07) is 0.571. The van der Waals surface area contributed by atoms with Crippen LogP contribution in [0.5, 0.6) is 0 Å².